The zero-order valence-electron chi connectivity index (χ0n) is 8.06. The Kier molecular flexibility index (Phi) is 2.23. The first kappa shape index (κ1) is 9.52. The van der Waals surface area contributed by atoms with Gasteiger partial charge in [-0.15, -0.1) is 0 Å². The molecule has 74 valence electrons. The number of hydrogen-bond acceptors (Lipinski definition) is 4. The molecule has 0 radical (unpaired) electrons. The monoisotopic (exact) mass is 209 g/mol. The molecule has 0 aliphatic carbocycles. The predicted molar refractivity (Wildman–Crippen MR) is 56.8 cm³/mol. The summed E-state index contributed by atoms with van der Waals surface area (Å²) in [5, 5.41) is 0.137. The summed E-state index contributed by atoms with van der Waals surface area (Å²) in [5.41, 5.74) is 0. The van der Waals surface area contributed by atoms with Crippen molar-refractivity contribution in [1.29, 1.82) is 0 Å². The van der Waals surface area contributed by atoms with Crippen molar-refractivity contribution in [3.05, 3.63) is 24.2 Å². The molecular formula is C10H11NO2S. The molecule has 0 amide bonds. The van der Waals surface area contributed by atoms with E-state index in [1.165, 1.54) is 11.8 Å². The van der Waals surface area contributed by atoms with Gasteiger partial charge in [0.2, 0.25) is 5.12 Å². The lowest BCUT2D eigenvalue weighted by Gasteiger charge is -2.38. The number of carbonyl (C=O) groups excluding carboxylic acids is 1. The Morgan fingerprint density at radius 1 is 1.64 bits per heavy atom. The number of furan rings is 1. The minimum Gasteiger partial charge on any atom is -0.463 e. The van der Waals surface area contributed by atoms with Crippen LogP contribution in [-0.4, -0.2) is 22.1 Å². The van der Waals surface area contributed by atoms with Gasteiger partial charge >= 0.3 is 0 Å². The van der Waals surface area contributed by atoms with Crippen LogP contribution in [0.5, 0.6) is 0 Å². The van der Waals surface area contributed by atoms with E-state index >= 15 is 0 Å². The Morgan fingerprint density at radius 3 is 2.93 bits per heavy atom. The van der Waals surface area contributed by atoms with E-state index in [0.717, 1.165) is 0 Å². The first-order valence-corrected chi connectivity index (χ1v) is 5.21. The highest BCUT2D eigenvalue weighted by Gasteiger charge is 2.47. The summed E-state index contributed by atoms with van der Waals surface area (Å²) in [4.78, 5) is 15.4. The molecule has 1 aromatic rings. The Labute approximate surface area is 86.6 Å². The predicted octanol–water partition coefficient (Wildman–Crippen LogP) is 2.12. The molecule has 0 aromatic carbocycles. The van der Waals surface area contributed by atoms with Gasteiger partial charge in [0.05, 0.1) is 12.5 Å². The summed E-state index contributed by atoms with van der Waals surface area (Å²) < 4.78 is 5.02. The Morgan fingerprint density at radius 2 is 2.43 bits per heavy atom. The molecule has 0 saturated carbocycles. The van der Waals surface area contributed by atoms with Gasteiger partial charge in [-0.25, -0.2) is 0 Å². The van der Waals surface area contributed by atoms with E-state index in [2.05, 4.69) is 4.99 Å². The van der Waals surface area contributed by atoms with Gasteiger partial charge in [-0.05, 0) is 26.0 Å². The molecule has 1 atom stereocenters. The molecule has 0 spiro atoms. The Hall–Kier alpha value is -1.03. The highest BCUT2D eigenvalue weighted by Crippen LogP contribution is 2.43. The van der Waals surface area contributed by atoms with Crippen LogP contribution in [0.2, 0.25) is 0 Å². The normalized spacial score (nSPS) is 25.3. The minimum absolute atomic E-state index is 0.0693. The highest BCUT2D eigenvalue weighted by molar-refractivity contribution is 8.17. The number of rotatable bonds is 2. The van der Waals surface area contributed by atoms with E-state index < -0.39 is 0 Å². The van der Waals surface area contributed by atoms with Gasteiger partial charge in [0.15, 0.2) is 0 Å². The van der Waals surface area contributed by atoms with Gasteiger partial charge in [-0.3, -0.25) is 9.79 Å². The van der Waals surface area contributed by atoms with Crippen LogP contribution < -0.4 is 0 Å². The van der Waals surface area contributed by atoms with E-state index in [0.29, 0.717) is 5.76 Å². The molecule has 1 aliphatic rings. The molecule has 1 saturated heterocycles. The summed E-state index contributed by atoms with van der Waals surface area (Å²) in [6.45, 7) is 4.03. The van der Waals surface area contributed by atoms with Crippen molar-refractivity contribution >= 4 is 23.1 Å². The second-order valence-corrected chi connectivity index (χ2v) is 5.38. The summed E-state index contributed by atoms with van der Waals surface area (Å²) in [7, 11) is 0. The Balaban J connectivity index is 2.08. The number of nitrogens with zero attached hydrogens (tertiary/aromatic N) is 1. The van der Waals surface area contributed by atoms with Crippen molar-refractivity contribution in [3.8, 4) is 0 Å². The third kappa shape index (κ3) is 1.62. The van der Waals surface area contributed by atoms with Gasteiger partial charge in [-0.2, -0.15) is 0 Å². The van der Waals surface area contributed by atoms with Crippen molar-refractivity contribution in [3.63, 3.8) is 0 Å². The third-order valence-corrected chi connectivity index (χ3v) is 3.31. The lowest BCUT2D eigenvalue weighted by atomic mass is 10.0. The SMILES string of the molecule is CC1(C)SC(=O)[C@@H]1N=Cc1ccco1. The summed E-state index contributed by atoms with van der Waals surface area (Å²) >= 11 is 1.35. The smallest absolute Gasteiger partial charge is 0.215 e. The lowest BCUT2D eigenvalue weighted by molar-refractivity contribution is -0.114. The first-order chi connectivity index (χ1) is 6.59. The van der Waals surface area contributed by atoms with Gasteiger partial charge in [-0.1, -0.05) is 11.8 Å². The lowest BCUT2D eigenvalue weighted by Crippen LogP contribution is -2.48. The van der Waals surface area contributed by atoms with Crippen molar-refractivity contribution in [1.82, 2.24) is 0 Å². The van der Waals surface area contributed by atoms with Gasteiger partial charge in [0.1, 0.15) is 11.8 Å². The highest BCUT2D eigenvalue weighted by atomic mass is 32.2. The molecule has 0 N–H and O–H groups in total. The Bertz CT molecular complexity index is 367. The van der Waals surface area contributed by atoms with Gasteiger partial charge in [0, 0.05) is 4.75 Å². The summed E-state index contributed by atoms with van der Waals surface area (Å²) in [6.07, 6.45) is 3.20. The van der Waals surface area contributed by atoms with Crippen LogP contribution in [0.3, 0.4) is 0 Å². The molecule has 0 unspecified atom stereocenters. The maximum Gasteiger partial charge on any atom is 0.215 e. The average molecular weight is 209 g/mol. The van der Waals surface area contributed by atoms with Crippen LogP contribution in [0.4, 0.5) is 0 Å². The molecule has 0 bridgehead atoms. The largest absolute Gasteiger partial charge is 0.463 e. The number of carbonyl (C=O) groups is 1. The maximum atomic E-state index is 11.2. The van der Waals surface area contributed by atoms with Crippen molar-refractivity contribution in [2.45, 2.75) is 24.6 Å². The van der Waals surface area contributed by atoms with Gasteiger partial charge < -0.3 is 4.42 Å². The molecule has 4 heteroatoms. The van der Waals surface area contributed by atoms with Gasteiger partial charge in [0.25, 0.3) is 0 Å². The number of hydrogen-bond donors (Lipinski definition) is 0. The molecule has 14 heavy (non-hydrogen) atoms. The van der Waals surface area contributed by atoms with E-state index in [-0.39, 0.29) is 15.9 Å². The van der Waals surface area contributed by atoms with Crippen molar-refractivity contribution < 1.29 is 9.21 Å². The number of thioether (sulfide) groups is 1. The molecule has 1 fully saturated rings. The quantitative estimate of drug-likeness (QED) is 0.701. The van der Waals surface area contributed by atoms with E-state index in [9.17, 15) is 4.79 Å². The van der Waals surface area contributed by atoms with Crippen LogP contribution >= 0.6 is 11.8 Å². The fraction of sp³-hybridized carbons (Fsp3) is 0.400. The zero-order valence-corrected chi connectivity index (χ0v) is 8.88. The molecule has 1 aliphatic heterocycles. The average Bonchev–Trinajstić information content (AvgIpc) is 2.55. The van der Waals surface area contributed by atoms with Crippen molar-refractivity contribution in [2.75, 3.05) is 0 Å². The number of aliphatic imine (C=N–C) groups is 1. The van der Waals surface area contributed by atoms with E-state index in [4.69, 9.17) is 4.42 Å². The molecule has 2 heterocycles. The van der Waals surface area contributed by atoms with Crippen LogP contribution in [0.25, 0.3) is 0 Å². The molecule has 3 nitrogen and oxygen atoms in total. The second kappa shape index (κ2) is 3.28. The topological polar surface area (TPSA) is 42.6 Å². The first-order valence-electron chi connectivity index (χ1n) is 4.39. The van der Waals surface area contributed by atoms with Crippen molar-refractivity contribution in [2.24, 2.45) is 4.99 Å². The molecule has 1 aromatic heterocycles. The summed E-state index contributed by atoms with van der Waals surface area (Å²) in [5.74, 6) is 0.686. The summed E-state index contributed by atoms with van der Waals surface area (Å²) in [6, 6.07) is 3.38. The van der Waals surface area contributed by atoms with Crippen LogP contribution in [-0.2, 0) is 4.79 Å². The maximum absolute atomic E-state index is 11.2. The van der Waals surface area contributed by atoms with E-state index in [1.54, 1.807) is 18.5 Å². The standard InChI is InChI=1S/C10H11NO2S/c1-10(2)8(9(12)14-10)11-6-7-4-3-5-13-7/h3-6,8H,1-2H3/t8-/m0/s1. The van der Waals surface area contributed by atoms with Crippen LogP contribution in [0.15, 0.2) is 27.8 Å². The minimum atomic E-state index is -0.224. The van der Waals surface area contributed by atoms with E-state index in [1.807, 2.05) is 19.9 Å². The molecular weight excluding hydrogens is 198 g/mol. The molecule has 2 rings (SSSR count). The van der Waals surface area contributed by atoms with Crippen LogP contribution in [0, 0.1) is 0 Å². The fourth-order valence-corrected chi connectivity index (χ4v) is 2.43. The third-order valence-electron chi connectivity index (χ3n) is 2.14. The fourth-order valence-electron chi connectivity index (χ4n) is 1.35. The van der Waals surface area contributed by atoms with Crippen LogP contribution in [0.1, 0.15) is 19.6 Å². The zero-order chi connectivity index (χ0) is 10.2. The second-order valence-electron chi connectivity index (χ2n) is 3.72.